The summed E-state index contributed by atoms with van der Waals surface area (Å²) < 4.78 is 27.3. The van der Waals surface area contributed by atoms with Gasteiger partial charge in [0.05, 0.1) is 16.7 Å². The summed E-state index contributed by atoms with van der Waals surface area (Å²) in [6.45, 7) is 4.82. The molecule has 1 amide bonds. The molecular formula is C21H26N2O5S. The Hall–Kier alpha value is -2.19. The highest BCUT2D eigenvalue weighted by Gasteiger charge is 2.52. The number of aryl methyl sites for hydroxylation is 2. The number of carboxylic acids is 1. The summed E-state index contributed by atoms with van der Waals surface area (Å²) in [6, 6.07) is 5.10. The second-order valence-electron chi connectivity index (χ2n) is 8.31. The zero-order valence-electron chi connectivity index (χ0n) is 16.6. The third kappa shape index (κ3) is 3.38. The van der Waals surface area contributed by atoms with Gasteiger partial charge in [-0.2, -0.15) is 4.31 Å². The van der Waals surface area contributed by atoms with Crippen LogP contribution in [-0.4, -0.2) is 60.8 Å². The Bertz CT molecular complexity index is 979. The predicted octanol–water partition coefficient (Wildman–Crippen LogP) is 1.66. The van der Waals surface area contributed by atoms with Gasteiger partial charge in [-0.05, 0) is 55.4 Å². The summed E-state index contributed by atoms with van der Waals surface area (Å²) in [4.78, 5) is 26.7. The standard InChI is InChI=1S/C21H26N2O5S/c1-13-3-6-17(11-14(13)2)29(27,28)23-9-7-22(8-10-23)20(24)18-15-4-5-16(12-15)19(18)21(25)26/h3-6,11,15-16,18-19H,7-10,12H2,1-2H3,(H,25,26)/t15-,16-,18+,19+/m1/s1. The van der Waals surface area contributed by atoms with Gasteiger partial charge < -0.3 is 10.0 Å². The van der Waals surface area contributed by atoms with Gasteiger partial charge in [-0.25, -0.2) is 8.42 Å². The van der Waals surface area contributed by atoms with Gasteiger partial charge in [0.1, 0.15) is 0 Å². The van der Waals surface area contributed by atoms with Crippen LogP contribution < -0.4 is 0 Å². The van der Waals surface area contributed by atoms with E-state index in [9.17, 15) is 23.1 Å². The first-order valence-electron chi connectivity index (χ1n) is 9.97. The molecule has 4 rings (SSSR count). The Morgan fingerprint density at radius 3 is 2.17 bits per heavy atom. The van der Waals surface area contributed by atoms with Gasteiger partial charge >= 0.3 is 5.97 Å². The van der Waals surface area contributed by atoms with Gasteiger partial charge in [0.15, 0.2) is 0 Å². The van der Waals surface area contributed by atoms with Crippen LogP contribution in [0.1, 0.15) is 17.5 Å². The van der Waals surface area contributed by atoms with Crippen molar-refractivity contribution in [1.82, 2.24) is 9.21 Å². The zero-order chi connectivity index (χ0) is 20.9. The van der Waals surface area contributed by atoms with E-state index in [1.165, 1.54) is 4.31 Å². The average molecular weight is 419 g/mol. The van der Waals surface area contributed by atoms with Crippen LogP contribution in [0, 0.1) is 37.5 Å². The van der Waals surface area contributed by atoms with E-state index in [1.807, 2.05) is 26.0 Å². The summed E-state index contributed by atoms with van der Waals surface area (Å²) in [5.74, 6) is -2.38. The lowest BCUT2D eigenvalue weighted by Gasteiger charge is -2.37. The van der Waals surface area contributed by atoms with E-state index in [1.54, 1.807) is 23.1 Å². The van der Waals surface area contributed by atoms with Gasteiger partial charge in [-0.1, -0.05) is 18.2 Å². The van der Waals surface area contributed by atoms with E-state index in [0.717, 1.165) is 11.1 Å². The van der Waals surface area contributed by atoms with E-state index in [2.05, 4.69) is 0 Å². The minimum atomic E-state index is -3.61. The number of piperazine rings is 1. The molecule has 1 aliphatic heterocycles. The number of sulfonamides is 1. The maximum atomic E-state index is 13.1. The molecular weight excluding hydrogens is 392 g/mol. The first-order chi connectivity index (χ1) is 13.7. The molecule has 0 unspecified atom stereocenters. The molecule has 1 N–H and O–H groups in total. The molecule has 29 heavy (non-hydrogen) atoms. The Balaban J connectivity index is 1.45. The fourth-order valence-electron chi connectivity index (χ4n) is 4.88. The van der Waals surface area contributed by atoms with E-state index in [-0.39, 0.29) is 48.8 Å². The van der Waals surface area contributed by atoms with Crippen molar-refractivity contribution in [2.75, 3.05) is 26.2 Å². The van der Waals surface area contributed by atoms with E-state index in [0.29, 0.717) is 6.42 Å². The summed E-state index contributed by atoms with van der Waals surface area (Å²) in [7, 11) is -3.61. The van der Waals surface area contributed by atoms with Gasteiger partial charge in [0.2, 0.25) is 15.9 Å². The average Bonchev–Trinajstić information content (AvgIpc) is 3.31. The summed E-state index contributed by atoms with van der Waals surface area (Å²) in [6.07, 6.45) is 4.60. The molecule has 1 saturated heterocycles. The summed E-state index contributed by atoms with van der Waals surface area (Å²) in [5.41, 5.74) is 1.95. The number of nitrogens with zero attached hydrogens (tertiary/aromatic N) is 2. The van der Waals surface area contributed by atoms with Gasteiger partial charge in [-0.15, -0.1) is 0 Å². The normalized spacial score (nSPS) is 29.4. The number of hydrogen-bond acceptors (Lipinski definition) is 4. The number of benzene rings is 1. The van der Waals surface area contributed by atoms with Crippen molar-refractivity contribution in [1.29, 1.82) is 0 Å². The summed E-state index contributed by atoms with van der Waals surface area (Å²) >= 11 is 0. The van der Waals surface area contributed by atoms with E-state index in [4.69, 9.17) is 0 Å². The number of carbonyl (C=O) groups excluding carboxylic acids is 1. The third-order valence-electron chi connectivity index (χ3n) is 6.70. The van der Waals surface area contributed by atoms with Crippen LogP contribution in [0.25, 0.3) is 0 Å². The van der Waals surface area contributed by atoms with E-state index >= 15 is 0 Å². The molecule has 2 fully saturated rings. The fraction of sp³-hybridized carbons (Fsp3) is 0.524. The van der Waals surface area contributed by atoms with Crippen LogP contribution in [0.15, 0.2) is 35.2 Å². The quantitative estimate of drug-likeness (QED) is 0.751. The summed E-state index contributed by atoms with van der Waals surface area (Å²) in [5, 5.41) is 9.58. The number of allylic oxidation sites excluding steroid dienone is 2. The van der Waals surface area contributed by atoms with Crippen molar-refractivity contribution in [3.63, 3.8) is 0 Å². The molecule has 156 valence electrons. The van der Waals surface area contributed by atoms with E-state index < -0.39 is 27.8 Å². The molecule has 1 heterocycles. The topological polar surface area (TPSA) is 95.0 Å². The van der Waals surface area contributed by atoms with Crippen LogP contribution >= 0.6 is 0 Å². The Morgan fingerprint density at radius 1 is 0.966 bits per heavy atom. The highest BCUT2D eigenvalue weighted by molar-refractivity contribution is 7.89. The van der Waals surface area contributed by atoms with Crippen LogP contribution in [0.5, 0.6) is 0 Å². The minimum absolute atomic E-state index is 0.0223. The minimum Gasteiger partial charge on any atom is -0.481 e. The number of hydrogen-bond donors (Lipinski definition) is 1. The predicted molar refractivity (Wildman–Crippen MR) is 107 cm³/mol. The Morgan fingerprint density at radius 2 is 1.59 bits per heavy atom. The van der Waals surface area contributed by atoms with Gasteiger partial charge in [0.25, 0.3) is 0 Å². The molecule has 2 aliphatic carbocycles. The second kappa shape index (κ2) is 7.25. The maximum Gasteiger partial charge on any atom is 0.307 e. The molecule has 3 aliphatic rings. The highest BCUT2D eigenvalue weighted by Crippen LogP contribution is 2.48. The first kappa shape index (κ1) is 20.1. The lowest BCUT2D eigenvalue weighted by Crippen LogP contribution is -2.53. The monoisotopic (exact) mass is 418 g/mol. The number of rotatable bonds is 4. The lowest BCUT2D eigenvalue weighted by molar-refractivity contribution is -0.151. The van der Waals surface area contributed by atoms with Crippen LogP contribution in [-0.2, 0) is 19.6 Å². The molecule has 8 heteroatoms. The number of carboxylic acid groups (broad SMARTS) is 1. The number of amides is 1. The zero-order valence-corrected chi connectivity index (χ0v) is 17.4. The van der Waals surface area contributed by atoms with Crippen molar-refractivity contribution < 1.29 is 23.1 Å². The Kier molecular flexibility index (Phi) is 5.02. The largest absolute Gasteiger partial charge is 0.481 e. The maximum absolute atomic E-state index is 13.1. The smallest absolute Gasteiger partial charge is 0.307 e. The molecule has 0 radical (unpaired) electrons. The Labute approximate surface area is 171 Å². The van der Waals surface area contributed by atoms with Crippen LogP contribution in [0.3, 0.4) is 0 Å². The van der Waals surface area contributed by atoms with Crippen LogP contribution in [0.2, 0.25) is 0 Å². The SMILES string of the molecule is Cc1ccc(S(=O)(=O)N2CCN(C(=O)[C@@H]3[C@@H](C(=O)O)[C@@H]4C=C[C@@H]3C4)CC2)cc1C. The fourth-order valence-corrected chi connectivity index (χ4v) is 6.39. The van der Waals surface area contributed by atoms with Crippen molar-refractivity contribution in [3.8, 4) is 0 Å². The molecule has 7 nitrogen and oxygen atoms in total. The molecule has 1 aromatic carbocycles. The third-order valence-corrected chi connectivity index (χ3v) is 8.59. The van der Waals surface area contributed by atoms with Crippen molar-refractivity contribution in [2.45, 2.75) is 25.2 Å². The lowest BCUT2D eigenvalue weighted by atomic mass is 9.82. The number of carbonyl (C=O) groups is 2. The van der Waals surface area contributed by atoms with Gasteiger partial charge in [-0.3, -0.25) is 9.59 Å². The molecule has 2 bridgehead atoms. The number of aliphatic carboxylic acids is 1. The first-order valence-corrected chi connectivity index (χ1v) is 11.4. The number of fused-ring (bicyclic) bond motifs is 2. The van der Waals surface area contributed by atoms with Crippen molar-refractivity contribution in [2.24, 2.45) is 23.7 Å². The highest BCUT2D eigenvalue weighted by atomic mass is 32.2. The molecule has 1 saturated carbocycles. The molecule has 1 aromatic rings. The van der Waals surface area contributed by atoms with Crippen LogP contribution in [0.4, 0.5) is 0 Å². The van der Waals surface area contributed by atoms with Crippen molar-refractivity contribution >= 4 is 21.9 Å². The van der Waals surface area contributed by atoms with Gasteiger partial charge in [0, 0.05) is 26.2 Å². The molecule has 4 atom stereocenters. The molecule has 0 aromatic heterocycles. The molecule has 0 spiro atoms. The van der Waals surface area contributed by atoms with Crippen molar-refractivity contribution in [3.05, 3.63) is 41.5 Å². The second-order valence-corrected chi connectivity index (χ2v) is 10.3.